The number of nitrogens with zero attached hydrogens (tertiary/aromatic N) is 3. The van der Waals surface area contributed by atoms with Gasteiger partial charge < -0.3 is 9.88 Å². The van der Waals surface area contributed by atoms with E-state index in [9.17, 15) is 4.79 Å². The average Bonchev–Trinajstić information content (AvgIpc) is 2.97. The summed E-state index contributed by atoms with van der Waals surface area (Å²) in [6.07, 6.45) is 0. The second-order valence-electron chi connectivity index (χ2n) is 5.98. The Hall–Kier alpha value is -2.12. The molecular weight excluding hydrogens is 412 g/mol. The third-order valence-electron chi connectivity index (χ3n) is 4.02. The molecule has 0 aliphatic rings. The van der Waals surface area contributed by atoms with E-state index in [1.807, 2.05) is 67.9 Å². The second-order valence-corrected chi connectivity index (χ2v) is 7.83. The Labute approximate surface area is 165 Å². The maximum absolute atomic E-state index is 12.3. The predicted molar refractivity (Wildman–Crippen MR) is 109 cm³/mol. The molecule has 1 aromatic heterocycles. The van der Waals surface area contributed by atoms with Gasteiger partial charge in [-0.05, 0) is 43.2 Å². The van der Waals surface area contributed by atoms with Crippen molar-refractivity contribution in [3.63, 3.8) is 0 Å². The number of benzene rings is 2. The van der Waals surface area contributed by atoms with Gasteiger partial charge in [0.25, 0.3) is 0 Å². The molecule has 0 bridgehead atoms. The molecule has 0 saturated heterocycles. The number of hydrogen-bond acceptors (Lipinski definition) is 4. The summed E-state index contributed by atoms with van der Waals surface area (Å²) in [7, 11) is 1.92. The van der Waals surface area contributed by atoms with Crippen LogP contribution in [0.5, 0.6) is 0 Å². The lowest BCUT2D eigenvalue weighted by molar-refractivity contribution is -0.113. The van der Waals surface area contributed by atoms with Crippen LogP contribution in [0.4, 0.5) is 5.69 Å². The first kappa shape index (κ1) is 18.7. The molecule has 0 spiro atoms. The van der Waals surface area contributed by atoms with E-state index >= 15 is 0 Å². The van der Waals surface area contributed by atoms with Gasteiger partial charge in [0.2, 0.25) is 5.91 Å². The molecule has 134 valence electrons. The summed E-state index contributed by atoms with van der Waals surface area (Å²) in [5, 5.41) is 12.2. The molecule has 3 rings (SSSR count). The second kappa shape index (κ2) is 8.05. The predicted octanol–water partition coefficient (Wildman–Crippen LogP) is 4.59. The Morgan fingerprint density at radius 3 is 2.65 bits per heavy atom. The molecule has 1 N–H and O–H groups in total. The van der Waals surface area contributed by atoms with Crippen LogP contribution in [0.1, 0.15) is 11.1 Å². The molecule has 0 fully saturated rings. The highest BCUT2D eigenvalue weighted by molar-refractivity contribution is 9.10. The van der Waals surface area contributed by atoms with Gasteiger partial charge in [-0.25, -0.2) is 0 Å². The molecule has 0 saturated carbocycles. The number of nitrogens with one attached hydrogen (secondary N) is 1. The lowest BCUT2D eigenvalue weighted by Crippen LogP contribution is -2.15. The number of rotatable bonds is 5. The van der Waals surface area contributed by atoms with Gasteiger partial charge in [0.05, 0.1) is 5.75 Å². The van der Waals surface area contributed by atoms with E-state index in [0.717, 1.165) is 32.7 Å². The van der Waals surface area contributed by atoms with Crippen molar-refractivity contribution in [2.75, 3.05) is 11.1 Å². The number of thioether (sulfide) groups is 1. The van der Waals surface area contributed by atoms with E-state index in [1.54, 1.807) is 0 Å². The summed E-state index contributed by atoms with van der Waals surface area (Å²) in [5.41, 5.74) is 4.02. The molecule has 1 heterocycles. The minimum Gasteiger partial charge on any atom is -0.325 e. The van der Waals surface area contributed by atoms with Gasteiger partial charge in [0, 0.05) is 22.8 Å². The Morgan fingerprint density at radius 2 is 1.92 bits per heavy atom. The molecule has 2 aromatic carbocycles. The van der Waals surface area contributed by atoms with Crippen LogP contribution in [0.25, 0.3) is 11.4 Å². The number of aromatic nitrogens is 3. The Bertz CT molecular complexity index is 954. The summed E-state index contributed by atoms with van der Waals surface area (Å²) < 4.78 is 2.91. The molecular formula is C19H19BrN4OS. The fraction of sp³-hybridized carbons (Fsp3) is 0.211. The number of aryl methyl sites for hydroxylation is 2. The SMILES string of the molecule is Cc1cc(Br)ccc1NC(=O)CSc1nnc(-c2ccccc2C)n1C. The first-order valence-electron chi connectivity index (χ1n) is 8.10. The number of amides is 1. The van der Waals surface area contributed by atoms with Crippen LogP contribution in [0.15, 0.2) is 52.1 Å². The summed E-state index contributed by atoms with van der Waals surface area (Å²) >= 11 is 4.80. The Morgan fingerprint density at radius 1 is 1.15 bits per heavy atom. The third kappa shape index (κ3) is 4.16. The first-order valence-corrected chi connectivity index (χ1v) is 9.88. The molecule has 1 amide bonds. The van der Waals surface area contributed by atoms with Crippen molar-refractivity contribution in [2.24, 2.45) is 7.05 Å². The van der Waals surface area contributed by atoms with Gasteiger partial charge in [0.1, 0.15) is 0 Å². The zero-order valence-electron chi connectivity index (χ0n) is 14.8. The highest BCUT2D eigenvalue weighted by Crippen LogP contribution is 2.25. The highest BCUT2D eigenvalue weighted by atomic mass is 79.9. The molecule has 5 nitrogen and oxygen atoms in total. The van der Waals surface area contributed by atoms with Gasteiger partial charge in [-0.1, -0.05) is 52.0 Å². The summed E-state index contributed by atoms with van der Waals surface area (Å²) in [6, 6.07) is 13.8. The normalized spacial score (nSPS) is 10.8. The van der Waals surface area contributed by atoms with Gasteiger partial charge in [0.15, 0.2) is 11.0 Å². The largest absolute Gasteiger partial charge is 0.325 e. The lowest BCUT2D eigenvalue weighted by Gasteiger charge is -2.09. The van der Waals surface area contributed by atoms with Gasteiger partial charge in [-0.2, -0.15) is 0 Å². The van der Waals surface area contributed by atoms with Crippen LogP contribution in [0.3, 0.4) is 0 Å². The van der Waals surface area contributed by atoms with Crippen molar-refractivity contribution in [3.8, 4) is 11.4 Å². The summed E-state index contributed by atoms with van der Waals surface area (Å²) in [5.74, 6) is 1.01. The number of anilines is 1. The van der Waals surface area contributed by atoms with Crippen molar-refractivity contribution in [1.82, 2.24) is 14.8 Å². The van der Waals surface area contributed by atoms with Gasteiger partial charge in [-0.3, -0.25) is 4.79 Å². The van der Waals surface area contributed by atoms with E-state index < -0.39 is 0 Å². The summed E-state index contributed by atoms with van der Waals surface area (Å²) in [4.78, 5) is 12.3. The minimum atomic E-state index is -0.0686. The van der Waals surface area contributed by atoms with E-state index in [2.05, 4.69) is 31.4 Å². The third-order valence-corrected chi connectivity index (χ3v) is 5.53. The van der Waals surface area contributed by atoms with E-state index in [4.69, 9.17) is 0 Å². The quantitative estimate of drug-likeness (QED) is 0.601. The van der Waals surface area contributed by atoms with Crippen LogP contribution >= 0.6 is 27.7 Å². The topological polar surface area (TPSA) is 59.8 Å². The van der Waals surface area contributed by atoms with Crippen molar-refractivity contribution in [2.45, 2.75) is 19.0 Å². The number of carbonyl (C=O) groups is 1. The molecule has 0 aliphatic heterocycles. The molecule has 3 aromatic rings. The first-order chi connectivity index (χ1) is 12.5. The van der Waals surface area contributed by atoms with Crippen molar-refractivity contribution in [3.05, 3.63) is 58.1 Å². The zero-order chi connectivity index (χ0) is 18.7. The molecule has 0 radical (unpaired) electrons. The maximum atomic E-state index is 12.3. The van der Waals surface area contributed by atoms with Crippen LogP contribution in [-0.2, 0) is 11.8 Å². The molecule has 0 unspecified atom stereocenters. The Balaban J connectivity index is 1.67. The minimum absolute atomic E-state index is 0.0686. The van der Waals surface area contributed by atoms with E-state index in [0.29, 0.717) is 5.16 Å². The van der Waals surface area contributed by atoms with E-state index in [-0.39, 0.29) is 11.7 Å². The number of carbonyl (C=O) groups excluding carboxylic acids is 1. The van der Waals surface area contributed by atoms with Crippen molar-refractivity contribution in [1.29, 1.82) is 0 Å². The molecule has 7 heteroatoms. The fourth-order valence-electron chi connectivity index (χ4n) is 2.58. The Kier molecular flexibility index (Phi) is 5.78. The van der Waals surface area contributed by atoms with E-state index in [1.165, 1.54) is 11.8 Å². The monoisotopic (exact) mass is 430 g/mol. The molecule has 0 atom stereocenters. The van der Waals surface area contributed by atoms with Crippen molar-refractivity contribution < 1.29 is 4.79 Å². The standard InChI is InChI=1S/C19H19BrN4OS/c1-12-6-4-5-7-15(12)18-22-23-19(24(18)3)26-11-17(25)21-16-9-8-14(20)10-13(16)2/h4-10H,11H2,1-3H3,(H,21,25). The average molecular weight is 431 g/mol. The molecule has 0 aliphatic carbocycles. The number of halogens is 1. The number of hydrogen-bond donors (Lipinski definition) is 1. The molecule has 26 heavy (non-hydrogen) atoms. The maximum Gasteiger partial charge on any atom is 0.234 e. The summed E-state index contributed by atoms with van der Waals surface area (Å²) in [6.45, 7) is 4.01. The van der Waals surface area contributed by atoms with Crippen LogP contribution in [-0.4, -0.2) is 26.4 Å². The lowest BCUT2D eigenvalue weighted by atomic mass is 10.1. The fourth-order valence-corrected chi connectivity index (χ4v) is 3.77. The van der Waals surface area contributed by atoms with Crippen LogP contribution in [0.2, 0.25) is 0 Å². The van der Waals surface area contributed by atoms with Crippen LogP contribution in [0, 0.1) is 13.8 Å². The highest BCUT2D eigenvalue weighted by Gasteiger charge is 2.14. The van der Waals surface area contributed by atoms with Crippen molar-refractivity contribution >= 4 is 39.3 Å². The van der Waals surface area contributed by atoms with Crippen LogP contribution < -0.4 is 5.32 Å². The smallest absolute Gasteiger partial charge is 0.234 e. The zero-order valence-corrected chi connectivity index (χ0v) is 17.2. The van der Waals surface area contributed by atoms with Gasteiger partial charge in [-0.15, -0.1) is 10.2 Å². The van der Waals surface area contributed by atoms with Gasteiger partial charge >= 0.3 is 0 Å².